The van der Waals surface area contributed by atoms with E-state index >= 15 is 4.39 Å². The summed E-state index contributed by atoms with van der Waals surface area (Å²) in [5.74, 6) is -3.11. The van der Waals surface area contributed by atoms with Gasteiger partial charge in [-0.2, -0.15) is 0 Å². The molecule has 288 valence electrons. The maximum absolute atomic E-state index is 15.0. The second-order valence-corrected chi connectivity index (χ2v) is 16.0. The van der Waals surface area contributed by atoms with Crippen molar-refractivity contribution in [2.45, 2.75) is 83.6 Å². The third-order valence-corrected chi connectivity index (χ3v) is 11.2. The number of hydrogen-bond donors (Lipinski definition) is 4. The molecule has 2 heterocycles. The molecular weight excluding hydrogens is 710 g/mol. The van der Waals surface area contributed by atoms with E-state index in [1.807, 2.05) is 62.5 Å². The fraction of sp³-hybridized carbons (Fsp3) is 0.429. The highest BCUT2D eigenvalue weighted by Gasteiger charge is 2.38. The fourth-order valence-corrected chi connectivity index (χ4v) is 7.91. The van der Waals surface area contributed by atoms with Crippen LogP contribution in [-0.4, -0.2) is 65.5 Å². The summed E-state index contributed by atoms with van der Waals surface area (Å²) in [6.07, 6.45) is 0.717. The van der Waals surface area contributed by atoms with Crippen molar-refractivity contribution in [2.24, 2.45) is 17.3 Å². The summed E-state index contributed by atoms with van der Waals surface area (Å²) in [4.78, 5) is 45.9. The van der Waals surface area contributed by atoms with Crippen LogP contribution < -0.4 is 15.4 Å². The number of methoxy groups -OCH3 is 2. The summed E-state index contributed by atoms with van der Waals surface area (Å²) in [7, 11) is 2.82. The number of carbonyl (C=O) groups excluding carboxylic acids is 3. The molecule has 2 amide bonds. The summed E-state index contributed by atoms with van der Waals surface area (Å²) < 4.78 is 25.1. The molecule has 0 fully saturated rings. The highest BCUT2D eigenvalue weighted by atomic mass is 32.1. The molecule has 0 unspecified atom stereocenters. The van der Waals surface area contributed by atoms with E-state index in [4.69, 9.17) is 9.47 Å². The molecule has 0 saturated carbocycles. The van der Waals surface area contributed by atoms with Crippen molar-refractivity contribution in [3.63, 3.8) is 0 Å². The van der Waals surface area contributed by atoms with E-state index in [1.54, 1.807) is 48.9 Å². The van der Waals surface area contributed by atoms with Crippen molar-refractivity contribution in [1.29, 1.82) is 0 Å². The number of ether oxygens (including phenoxy) is 2. The third-order valence-electron chi connectivity index (χ3n) is 10.2. The number of halogens is 1. The minimum atomic E-state index is -1.27. The van der Waals surface area contributed by atoms with Gasteiger partial charge in [0, 0.05) is 28.6 Å². The molecule has 10 nitrogen and oxygen atoms in total. The summed E-state index contributed by atoms with van der Waals surface area (Å²) in [5, 5.41) is 30.9. The number of hydrogen-bond acceptors (Lipinski definition) is 9. The molecule has 0 spiro atoms. The first kappa shape index (κ1) is 40.5. The number of pyridine rings is 1. The first-order chi connectivity index (χ1) is 25.8. The number of esters is 1. The number of benzene rings is 2. The SMILES string of the molecule is COC(=O)C[C@H](C(=O)N[C@@H](Cc1ccc(-c2ccc(OC)nc2)cc1)[C@@H](O)C[C@@H](Cc1ccccc1F)C(=O)N[C@H]1c2ccsc2CC[C@H]1O)C(C)(C)C. The van der Waals surface area contributed by atoms with Gasteiger partial charge in [0.25, 0.3) is 0 Å². The van der Waals surface area contributed by atoms with E-state index in [1.165, 1.54) is 13.2 Å². The second-order valence-electron chi connectivity index (χ2n) is 15.0. The van der Waals surface area contributed by atoms with Gasteiger partial charge < -0.3 is 30.3 Å². The largest absolute Gasteiger partial charge is 0.481 e. The van der Waals surface area contributed by atoms with E-state index in [2.05, 4.69) is 15.6 Å². The fourth-order valence-electron chi connectivity index (χ4n) is 6.96. The average molecular weight is 760 g/mol. The highest BCUT2D eigenvalue weighted by molar-refractivity contribution is 7.10. The van der Waals surface area contributed by atoms with Crippen LogP contribution in [0.15, 0.2) is 78.3 Å². The number of rotatable bonds is 15. The van der Waals surface area contributed by atoms with Crippen LogP contribution in [0.1, 0.15) is 67.6 Å². The number of aliphatic hydroxyl groups excluding tert-OH is 2. The molecule has 0 bridgehead atoms. The summed E-state index contributed by atoms with van der Waals surface area (Å²) >= 11 is 1.57. The lowest BCUT2D eigenvalue weighted by Gasteiger charge is -2.34. The van der Waals surface area contributed by atoms with Crippen molar-refractivity contribution in [2.75, 3.05) is 14.2 Å². The number of fused-ring (bicyclic) bond motifs is 1. The van der Waals surface area contributed by atoms with Gasteiger partial charge >= 0.3 is 5.97 Å². The van der Waals surface area contributed by atoms with E-state index < -0.39 is 65.1 Å². The van der Waals surface area contributed by atoms with Gasteiger partial charge in [-0.15, -0.1) is 11.3 Å². The normalized spacial score (nSPS) is 17.7. The van der Waals surface area contributed by atoms with Gasteiger partial charge in [-0.05, 0) is 83.4 Å². The Bertz CT molecular complexity index is 1880. The van der Waals surface area contributed by atoms with E-state index in [9.17, 15) is 24.6 Å². The average Bonchev–Trinajstić information content (AvgIpc) is 3.64. The Labute approximate surface area is 320 Å². The number of nitrogens with one attached hydrogen (secondary N) is 2. The molecular formula is C42H50FN3O7S. The molecule has 1 aliphatic rings. The van der Waals surface area contributed by atoms with Gasteiger partial charge in [-0.1, -0.05) is 63.2 Å². The van der Waals surface area contributed by atoms with Gasteiger partial charge in [-0.25, -0.2) is 9.37 Å². The van der Waals surface area contributed by atoms with Crippen molar-refractivity contribution in [1.82, 2.24) is 15.6 Å². The minimum Gasteiger partial charge on any atom is -0.481 e. The first-order valence-corrected chi connectivity index (χ1v) is 19.1. The lowest BCUT2D eigenvalue weighted by molar-refractivity contribution is -0.146. The van der Waals surface area contributed by atoms with Gasteiger partial charge in [0.2, 0.25) is 17.7 Å². The Morgan fingerprint density at radius 3 is 2.35 bits per heavy atom. The number of carbonyl (C=O) groups is 3. The number of aliphatic hydroxyl groups is 2. The molecule has 0 radical (unpaired) electrons. The summed E-state index contributed by atoms with van der Waals surface area (Å²) in [6.45, 7) is 5.56. The Morgan fingerprint density at radius 2 is 1.70 bits per heavy atom. The molecule has 6 atom stereocenters. The zero-order valence-electron chi connectivity index (χ0n) is 31.4. The smallest absolute Gasteiger partial charge is 0.306 e. The van der Waals surface area contributed by atoms with Gasteiger partial charge in [0.1, 0.15) is 5.82 Å². The lowest BCUT2D eigenvalue weighted by atomic mass is 9.77. The van der Waals surface area contributed by atoms with Crippen molar-refractivity contribution in [3.8, 4) is 17.0 Å². The molecule has 0 aliphatic heterocycles. The molecule has 0 saturated heterocycles. The zero-order chi connectivity index (χ0) is 39.0. The number of amides is 2. The Hall–Kier alpha value is -4.65. The number of nitrogens with zero attached hydrogens (tertiary/aromatic N) is 1. The van der Waals surface area contributed by atoms with E-state index in [0.29, 0.717) is 24.3 Å². The minimum absolute atomic E-state index is 0.0207. The number of aryl methyl sites for hydroxylation is 1. The molecule has 12 heteroatoms. The monoisotopic (exact) mass is 759 g/mol. The standard InChI is InChI=1S/C42H50FN3O7S/c1-42(2,3)31(23-38(49)53-5)41(51)45-33(20-25-10-12-26(13-11-25)28-14-17-37(52-4)44-24-28)35(48)22-29(21-27-8-6-7-9-32(27)43)40(50)46-39-30-18-19-54-36(30)16-15-34(39)47/h6-14,17-19,24,29,31,33-35,39,47-48H,15-16,20-23H2,1-5H3,(H,45,51)(H,46,50)/t29-,31-,33+,34-,35+,39+/m1/s1. The van der Waals surface area contributed by atoms with E-state index in [0.717, 1.165) is 27.1 Å². The van der Waals surface area contributed by atoms with Crippen molar-refractivity contribution < 1.29 is 38.5 Å². The van der Waals surface area contributed by atoms with Crippen LogP contribution in [0.4, 0.5) is 4.39 Å². The highest BCUT2D eigenvalue weighted by Crippen LogP contribution is 2.35. The zero-order valence-corrected chi connectivity index (χ0v) is 32.2. The van der Waals surface area contributed by atoms with Gasteiger partial charge in [0.05, 0.1) is 50.8 Å². The van der Waals surface area contributed by atoms with Crippen molar-refractivity contribution in [3.05, 3.63) is 106 Å². The second kappa shape index (κ2) is 18.1. The van der Waals surface area contributed by atoms with Crippen LogP contribution in [0.3, 0.4) is 0 Å². The quantitative estimate of drug-likeness (QED) is 0.108. The van der Waals surface area contributed by atoms with Gasteiger partial charge in [-0.3, -0.25) is 14.4 Å². The predicted octanol–water partition coefficient (Wildman–Crippen LogP) is 5.99. The number of aromatic nitrogens is 1. The molecule has 5 rings (SSSR count). The Kier molecular flexibility index (Phi) is 13.6. The predicted molar refractivity (Wildman–Crippen MR) is 205 cm³/mol. The molecule has 4 aromatic rings. The van der Waals surface area contributed by atoms with Crippen LogP contribution in [0.5, 0.6) is 5.88 Å². The molecule has 4 N–H and O–H groups in total. The molecule has 1 aliphatic carbocycles. The van der Waals surface area contributed by atoms with Crippen molar-refractivity contribution >= 4 is 29.1 Å². The first-order valence-electron chi connectivity index (χ1n) is 18.2. The van der Waals surface area contributed by atoms with Gasteiger partial charge in [0.15, 0.2) is 0 Å². The maximum Gasteiger partial charge on any atom is 0.306 e. The lowest BCUT2D eigenvalue weighted by Crippen LogP contribution is -2.51. The Balaban J connectivity index is 1.44. The molecule has 2 aromatic heterocycles. The van der Waals surface area contributed by atoms with E-state index in [-0.39, 0.29) is 25.7 Å². The topological polar surface area (TPSA) is 147 Å². The third kappa shape index (κ3) is 10.3. The summed E-state index contributed by atoms with van der Waals surface area (Å²) in [6, 6.07) is 17.8. The maximum atomic E-state index is 15.0. The van der Waals surface area contributed by atoms with Crippen LogP contribution >= 0.6 is 11.3 Å². The molecule has 54 heavy (non-hydrogen) atoms. The Morgan fingerprint density at radius 1 is 0.981 bits per heavy atom. The van der Waals surface area contributed by atoms with Crippen LogP contribution in [0.2, 0.25) is 0 Å². The number of thiophene rings is 1. The van der Waals surface area contributed by atoms with Crippen LogP contribution in [0, 0.1) is 23.1 Å². The van der Waals surface area contributed by atoms with Crippen LogP contribution in [0.25, 0.3) is 11.1 Å². The van der Waals surface area contributed by atoms with Crippen LogP contribution in [-0.2, 0) is 38.4 Å². The summed E-state index contributed by atoms with van der Waals surface area (Å²) in [5.41, 5.74) is 3.12. The molecule has 2 aromatic carbocycles.